The predicted molar refractivity (Wildman–Crippen MR) is 68.9 cm³/mol. The molecule has 2 rings (SSSR count). The smallest absolute Gasteiger partial charge is 0.253 e. The highest BCUT2D eigenvalue weighted by atomic mass is 16.1. The van der Waals surface area contributed by atoms with Crippen LogP contribution >= 0.6 is 0 Å². The number of rotatable bonds is 3. The van der Waals surface area contributed by atoms with Crippen molar-refractivity contribution in [3.8, 4) is 6.07 Å². The molecule has 1 atom stereocenters. The van der Waals surface area contributed by atoms with E-state index in [9.17, 15) is 4.79 Å². The predicted octanol–water partition coefficient (Wildman–Crippen LogP) is 2.27. The molecular weight excluding hydrogens is 226 g/mol. The molecule has 4 nitrogen and oxygen atoms in total. The van der Waals surface area contributed by atoms with Crippen LogP contribution in [-0.2, 0) is 0 Å². The zero-order chi connectivity index (χ0) is 13.0. The first-order valence-electron chi connectivity index (χ1n) is 5.80. The topological polar surface area (TPSA) is 65.8 Å². The van der Waals surface area contributed by atoms with Crippen molar-refractivity contribution in [1.29, 1.82) is 5.26 Å². The van der Waals surface area contributed by atoms with E-state index in [0.29, 0.717) is 12.0 Å². The molecule has 0 spiro atoms. The van der Waals surface area contributed by atoms with E-state index in [-0.39, 0.29) is 5.91 Å². The number of nitriles is 1. The summed E-state index contributed by atoms with van der Waals surface area (Å²) in [4.78, 5) is 16.3. The summed E-state index contributed by atoms with van der Waals surface area (Å²) in [6.45, 7) is 1.86. The molecule has 0 saturated carbocycles. The summed E-state index contributed by atoms with van der Waals surface area (Å²) in [6, 6.07) is 10.6. The lowest BCUT2D eigenvalue weighted by Gasteiger charge is -2.10. The van der Waals surface area contributed by atoms with Gasteiger partial charge >= 0.3 is 0 Å². The van der Waals surface area contributed by atoms with Crippen LogP contribution in [0.2, 0.25) is 0 Å². The highest BCUT2D eigenvalue weighted by Gasteiger charge is 2.13. The molecule has 1 amide bonds. The van der Waals surface area contributed by atoms with Crippen LogP contribution in [0.3, 0.4) is 0 Å². The second-order valence-corrected chi connectivity index (χ2v) is 3.94. The normalized spacial score (nSPS) is 11.8. The number of hydrogen-bond donors (Lipinski definition) is 1. The minimum Gasteiger partial charge on any atom is -0.336 e. The number of nitrogens with one attached hydrogen (secondary N) is 1. The van der Waals surface area contributed by atoms with Gasteiger partial charge in [-0.3, -0.25) is 9.78 Å². The number of amides is 1. The van der Waals surface area contributed by atoms with Crippen LogP contribution in [-0.4, -0.2) is 16.9 Å². The summed E-state index contributed by atoms with van der Waals surface area (Å²) in [5.41, 5.74) is 1.32. The molecule has 0 saturated heterocycles. The Labute approximate surface area is 105 Å². The third kappa shape index (κ3) is 2.30. The summed E-state index contributed by atoms with van der Waals surface area (Å²) < 4.78 is 0. The van der Waals surface area contributed by atoms with Crippen molar-refractivity contribution < 1.29 is 4.79 Å². The van der Waals surface area contributed by atoms with Gasteiger partial charge in [-0.05, 0) is 24.6 Å². The van der Waals surface area contributed by atoms with Gasteiger partial charge in [-0.25, -0.2) is 0 Å². The average molecular weight is 239 g/mol. The number of benzene rings is 1. The fourth-order valence-corrected chi connectivity index (χ4v) is 1.76. The highest BCUT2D eigenvalue weighted by molar-refractivity contribution is 6.06. The lowest BCUT2D eigenvalue weighted by atomic mass is 10.1. The molecule has 1 N–H and O–H groups in total. The zero-order valence-corrected chi connectivity index (χ0v) is 10.1. The molecule has 4 heteroatoms. The summed E-state index contributed by atoms with van der Waals surface area (Å²) in [6.07, 6.45) is 2.28. The molecule has 0 aliphatic heterocycles. The molecular formula is C14H13N3O. The van der Waals surface area contributed by atoms with Gasteiger partial charge in [0.25, 0.3) is 5.91 Å². The Hall–Kier alpha value is -2.41. The molecule has 2 aromatic rings. The third-order valence-electron chi connectivity index (χ3n) is 2.76. The minimum absolute atomic E-state index is 0.234. The number of hydrogen-bond acceptors (Lipinski definition) is 3. The molecule has 1 aromatic carbocycles. The van der Waals surface area contributed by atoms with E-state index in [0.717, 1.165) is 10.9 Å². The Balaban J connectivity index is 2.37. The SMILES string of the molecule is CCC(C#N)NC(=O)c1cccc2ncccc12. The van der Waals surface area contributed by atoms with Gasteiger partial charge in [-0.15, -0.1) is 0 Å². The number of nitrogens with zero attached hydrogens (tertiary/aromatic N) is 2. The molecule has 18 heavy (non-hydrogen) atoms. The fraction of sp³-hybridized carbons (Fsp3) is 0.214. The molecule has 0 aliphatic carbocycles. The summed E-state index contributed by atoms with van der Waals surface area (Å²) in [5.74, 6) is -0.234. The van der Waals surface area contributed by atoms with Gasteiger partial charge in [-0.1, -0.05) is 19.1 Å². The van der Waals surface area contributed by atoms with E-state index in [1.54, 1.807) is 24.4 Å². The lowest BCUT2D eigenvalue weighted by Crippen LogP contribution is -2.33. The van der Waals surface area contributed by atoms with Gasteiger partial charge < -0.3 is 5.32 Å². The molecule has 90 valence electrons. The second kappa shape index (κ2) is 5.28. The maximum Gasteiger partial charge on any atom is 0.253 e. The van der Waals surface area contributed by atoms with Crippen LogP contribution in [0.4, 0.5) is 0 Å². The summed E-state index contributed by atoms with van der Waals surface area (Å²) >= 11 is 0. The van der Waals surface area contributed by atoms with E-state index < -0.39 is 6.04 Å². The monoisotopic (exact) mass is 239 g/mol. The molecule has 1 unspecified atom stereocenters. The van der Waals surface area contributed by atoms with Crippen LogP contribution in [0, 0.1) is 11.3 Å². The van der Waals surface area contributed by atoms with Crippen LogP contribution < -0.4 is 5.32 Å². The maximum atomic E-state index is 12.1. The van der Waals surface area contributed by atoms with E-state index in [4.69, 9.17) is 5.26 Å². The molecule has 1 heterocycles. The number of fused-ring (bicyclic) bond motifs is 1. The van der Waals surface area contributed by atoms with Gasteiger partial charge in [0, 0.05) is 17.1 Å². The Kier molecular flexibility index (Phi) is 3.54. The van der Waals surface area contributed by atoms with Crippen molar-refractivity contribution in [3.05, 3.63) is 42.1 Å². The Morgan fingerprint density at radius 3 is 3.00 bits per heavy atom. The van der Waals surface area contributed by atoms with Gasteiger partial charge in [0.05, 0.1) is 11.6 Å². The lowest BCUT2D eigenvalue weighted by molar-refractivity contribution is 0.0946. The van der Waals surface area contributed by atoms with Crippen LogP contribution in [0.25, 0.3) is 10.9 Å². The standard InChI is InChI=1S/C14H13N3O/c1-2-10(9-15)17-14(18)12-5-3-7-13-11(12)6-4-8-16-13/h3-8,10H,2H2,1H3,(H,17,18). The van der Waals surface area contributed by atoms with Crippen molar-refractivity contribution in [3.63, 3.8) is 0 Å². The van der Waals surface area contributed by atoms with Crippen molar-refractivity contribution in [1.82, 2.24) is 10.3 Å². The van der Waals surface area contributed by atoms with Gasteiger partial charge in [0.1, 0.15) is 6.04 Å². The van der Waals surface area contributed by atoms with Crippen molar-refractivity contribution >= 4 is 16.8 Å². The quantitative estimate of drug-likeness (QED) is 0.893. The van der Waals surface area contributed by atoms with Gasteiger partial charge in [0.2, 0.25) is 0 Å². The molecule has 0 radical (unpaired) electrons. The number of carbonyl (C=O) groups excluding carboxylic acids is 1. The zero-order valence-electron chi connectivity index (χ0n) is 10.1. The van der Waals surface area contributed by atoms with Gasteiger partial charge in [0.15, 0.2) is 0 Å². The van der Waals surface area contributed by atoms with Gasteiger partial charge in [-0.2, -0.15) is 5.26 Å². The first-order valence-corrected chi connectivity index (χ1v) is 5.80. The van der Waals surface area contributed by atoms with Crippen molar-refractivity contribution in [2.45, 2.75) is 19.4 Å². The molecule has 1 aromatic heterocycles. The van der Waals surface area contributed by atoms with Crippen molar-refractivity contribution in [2.75, 3.05) is 0 Å². The largest absolute Gasteiger partial charge is 0.336 e. The second-order valence-electron chi connectivity index (χ2n) is 3.94. The van der Waals surface area contributed by atoms with Crippen molar-refractivity contribution in [2.24, 2.45) is 0 Å². The highest BCUT2D eigenvalue weighted by Crippen LogP contribution is 2.16. The van der Waals surface area contributed by atoms with E-state index in [1.807, 2.05) is 19.1 Å². The average Bonchev–Trinajstić information content (AvgIpc) is 2.43. The summed E-state index contributed by atoms with van der Waals surface area (Å²) in [7, 11) is 0. The Bertz CT molecular complexity index is 610. The Morgan fingerprint density at radius 2 is 2.28 bits per heavy atom. The first kappa shape index (κ1) is 12.1. The van der Waals surface area contributed by atoms with E-state index >= 15 is 0 Å². The molecule has 0 bridgehead atoms. The van der Waals surface area contributed by atoms with Crippen LogP contribution in [0.15, 0.2) is 36.5 Å². The fourth-order valence-electron chi connectivity index (χ4n) is 1.76. The first-order chi connectivity index (χ1) is 8.76. The number of carbonyl (C=O) groups is 1. The van der Waals surface area contributed by atoms with Crippen LogP contribution in [0.1, 0.15) is 23.7 Å². The third-order valence-corrected chi connectivity index (χ3v) is 2.76. The number of aromatic nitrogens is 1. The summed E-state index contributed by atoms with van der Waals surface area (Å²) in [5, 5.41) is 12.4. The van der Waals surface area contributed by atoms with E-state index in [2.05, 4.69) is 16.4 Å². The van der Waals surface area contributed by atoms with E-state index in [1.165, 1.54) is 0 Å². The minimum atomic E-state index is -0.454. The molecule has 0 aliphatic rings. The maximum absolute atomic E-state index is 12.1. The Morgan fingerprint density at radius 1 is 1.44 bits per heavy atom. The number of pyridine rings is 1. The molecule has 0 fully saturated rings. The van der Waals surface area contributed by atoms with Crippen LogP contribution in [0.5, 0.6) is 0 Å².